The third-order valence-electron chi connectivity index (χ3n) is 8.46. The number of rotatable bonds is 6. The van der Waals surface area contributed by atoms with Crippen LogP contribution in [0.2, 0.25) is 0 Å². The predicted octanol–water partition coefficient (Wildman–Crippen LogP) is 8.18. The molecule has 7 heteroatoms. The standard InChI is InChI=1S/C38H30BN5O/c1-27-13-11-14-28(2)37(27)39-42(29-15-5-3-6-16-29)25-26-43(39)34-21-12-22-35(40-34)45-36-24-23-32-31-19-9-10-20-33(31)44(38(32)41-36)30-17-7-4-8-18-30/h3-26H,1-2H3. The molecule has 0 aliphatic carbocycles. The first-order valence-corrected chi connectivity index (χ1v) is 15.1. The molecule has 0 amide bonds. The van der Waals surface area contributed by atoms with Crippen LogP contribution in [0.5, 0.6) is 11.8 Å². The van der Waals surface area contributed by atoms with Crippen LogP contribution in [0.4, 0.5) is 11.5 Å². The van der Waals surface area contributed by atoms with Crippen LogP contribution in [-0.2, 0) is 0 Å². The molecule has 0 saturated heterocycles. The van der Waals surface area contributed by atoms with Gasteiger partial charge in [-0.1, -0.05) is 90.0 Å². The molecule has 1 aliphatic heterocycles. The van der Waals surface area contributed by atoms with E-state index in [0.717, 1.165) is 39.1 Å². The van der Waals surface area contributed by atoms with Gasteiger partial charge in [-0.15, -0.1) is 0 Å². The van der Waals surface area contributed by atoms with Crippen molar-refractivity contribution in [3.05, 3.63) is 157 Å². The molecule has 0 fully saturated rings. The van der Waals surface area contributed by atoms with Gasteiger partial charge in [0.1, 0.15) is 11.5 Å². The van der Waals surface area contributed by atoms with E-state index in [9.17, 15) is 0 Å². The summed E-state index contributed by atoms with van der Waals surface area (Å²) in [6.45, 7) is 4.24. The zero-order valence-electron chi connectivity index (χ0n) is 25.1. The first kappa shape index (κ1) is 26.8. The lowest BCUT2D eigenvalue weighted by molar-refractivity contribution is 0.447. The molecule has 7 aromatic rings. The highest BCUT2D eigenvalue weighted by Gasteiger charge is 2.38. The van der Waals surface area contributed by atoms with Crippen LogP contribution in [0.1, 0.15) is 11.1 Å². The van der Waals surface area contributed by atoms with Crippen molar-refractivity contribution in [2.75, 3.05) is 9.62 Å². The Morgan fingerprint density at radius 2 is 1.18 bits per heavy atom. The molecule has 8 rings (SSSR count). The number of para-hydroxylation sites is 3. The Kier molecular flexibility index (Phi) is 6.57. The number of benzene rings is 4. The van der Waals surface area contributed by atoms with Crippen molar-refractivity contribution in [2.24, 2.45) is 0 Å². The molecule has 4 heterocycles. The van der Waals surface area contributed by atoms with Crippen LogP contribution in [-0.4, -0.2) is 21.5 Å². The van der Waals surface area contributed by atoms with Gasteiger partial charge in [-0.3, -0.25) is 4.57 Å². The molecule has 0 atom stereocenters. The summed E-state index contributed by atoms with van der Waals surface area (Å²) >= 11 is 0. The zero-order chi connectivity index (χ0) is 30.3. The Labute approximate surface area is 262 Å². The highest BCUT2D eigenvalue weighted by Crippen LogP contribution is 2.34. The topological polar surface area (TPSA) is 46.4 Å². The van der Waals surface area contributed by atoms with Crippen LogP contribution in [0, 0.1) is 13.8 Å². The summed E-state index contributed by atoms with van der Waals surface area (Å²) in [5, 5.41) is 2.22. The number of aryl methyl sites for hydroxylation is 2. The molecule has 0 N–H and O–H groups in total. The van der Waals surface area contributed by atoms with Gasteiger partial charge in [0.25, 0.3) is 0 Å². The minimum Gasteiger partial charge on any atom is -0.421 e. The van der Waals surface area contributed by atoms with Crippen molar-refractivity contribution in [1.29, 1.82) is 0 Å². The summed E-state index contributed by atoms with van der Waals surface area (Å²) in [7, 11) is 0. The van der Waals surface area contributed by atoms with E-state index in [2.05, 4.69) is 125 Å². The first-order valence-electron chi connectivity index (χ1n) is 15.1. The van der Waals surface area contributed by atoms with E-state index < -0.39 is 0 Å². The lowest BCUT2D eigenvalue weighted by atomic mass is 9.61. The van der Waals surface area contributed by atoms with Gasteiger partial charge in [-0.2, -0.15) is 9.97 Å². The second-order valence-electron chi connectivity index (χ2n) is 11.3. The fourth-order valence-corrected chi connectivity index (χ4v) is 6.41. The SMILES string of the molecule is Cc1cccc(C)c1B1N(c2ccccc2)C=CN1c1cccc(Oc2ccc3c4ccccc4n(-c4ccccc4)c3n2)n1. The molecule has 0 unspecified atom stereocenters. The largest absolute Gasteiger partial charge is 0.421 e. The van der Waals surface area contributed by atoms with Crippen molar-refractivity contribution in [1.82, 2.24) is 14.5 Å². The second kappa shape index (κ2) is 11.0. The fraction of sp³-hybridized carbons (Fsp3) is 0.0526. The number of aromatic nitrogens is 3. The van der Waals surface area contributed by atoms with Gasteiger partial charge < -0.3 is 14.4 Å². The van der Waals surface area contributed by atoms with Gasteiger partial charge in [0.2, 0.25) is 11.8 Å². The lowest BCUT2D eigenvalue weighted by Crippen LogP contribution is -2.55. The molecule has 216 valence electrons. The second-order valence-corrected chi connectivity index (χ2v) is 11.3. The minimum absolute atomic E-state index is 0.104. The van der Waals surface area contributed by atoms with Crippen molar-refractivity contribution < 1.29 is 4.74 Å². The van der Waals surface area contributed by atoms with Gasteiger partial charge in [0, 0.05) is 46.7 Å². The average molecular weight is 584 g/mol. The molecule has 45 heavy (non-hydrogen) atoms. The fourth-order valence-electron chi connectivity index (χ4n) is 6.41. The van der Waals surface area contributed by atoms with Crippen molar-refractivity contribution in [2.45, 2.75) is 13.8 Å². The van der Waals surface area contributed by atoms with Gasteiger partial charge in [-0.05, 0) is 61.8 Å². The van der Waals surface area contributed by atoms with E-state index in [1.54, 1.807) is 0 Å². The van der Waals surface area contributed by atoms with Gasteiger partial charge in [0.15, 0.2) is 0 Å². The van der Waals surface area contributed by atoms with Crippen LogP contribution in [0.3, 0.4) is 0 Å². The molecule has 0 saturated carbocycles. The summed E-state index contributed by atoms with van der Waals surface area (Å²) in [5.74, 6) is 1.75. The number of pyridine rings is 2. The quantitative estimate of drug-likeness (QED) is 0.185. The van der Waals surface area contributed by atoms with E-state index >= 15 is 0 Å². The average Bonchev–Trinajstić information content (AvgIpc) is 3.65. The van der Waals surface area contributed by atoms with E-state index in [1.165, 1.54) is 16.6 Å². The number of nitrogens with zero attached hydrogens (tertiary/aromatic N) is 5. The summed E-state index contributed by atoms with van der Waals surface area (Å²) in [6.07, 6.45) is 4.22. The minimum atomic E-state index is -0.104. The number of fused-ring (bicyclic) bond motifs is 3. The Morgan fingerprint density at radius 1 is 0.533 bits per heavy atom. The smallest absolute Gasteiger partial charge is 0.421 e. The molecule has 6 nitrogen and oxygen atoms in total. The van der Waals surface area contributed by atoms with Gasteiger partial charge in [-0.25, -0.2) is 0 Å². The molecule has 0 bridgehead atoms. The van der Waals surface area contributed by atoms with E-state index in [-0.39, 0.29) is 6.98 Å². The highest BCUT2D eigenvalue weighted by atomic mass is 16.5. The Hall–Kier alpha value is -5.82. The van der Waals surface area contributed by atoms with Gasteiger partial charge in [0.05, 0.1) is 5.52 Å². The lowest BCUT2D eigenvalue weighted by Gasteiger charge is -2.31. The van der Waals surface area contributed by atoms with E-state index in [1.807, 2.05) is 48.5 Å². The van der Waals surface area contributed by atoms with Crippen molar-refractivity contribution >= 4 is 45.9 Å². The maximum absolute atomic E-state index is 6.37. The predicted molar refractivity (Wildman–Crippen MR) is 185 cm³/mol. The third kappa shape index (κ3) is 4.70. The molecule has 0 radical (unpaired) electrons. The zero-order valence-corrected chi connectivity index (χ0v) is 25.1. The summed E-state index contributed by atoms with van der Waals surface area (Å²) in [5.41, 5.74) is 7.82. The molecule has 1 aliphatic rings. The number of hydrogen-bond acceptors (Lipinski definition) is 5. The van der Waals surface area contributed by atoms with E-state index in [0.29, 0.717) is 11.8 Å². The number of ether oxygens (including phenoxy) is 1. The third-order valence-corrected chi connectivity index (χ3v) is 8.46. The molecule has 3 aromatic heterocycles. The summed E-state index contributed by atoms with van der Waals surface area (Å²) in [6, 6.07) is 45.5. The van der Waals surface area contributed by atoms with Crippen LogP contribution in [0.25, 0.3) is 27.6 Å². The highest BCUT2D eigenvalue weighted by molar-refractivity contribution is 6.82. The number of hydrogen-bond donors (Lipinski definition) is 0. The van der Waals surface area contributed by atoms with Crippen LogP contribution < -0.4 is 19.8 Å². The summed E-state index contributed by atoms with van der Waals surface area (Å²) in [4.78, 5) is 14.5. The summed E-state index contributed by atoms with van der Waals surface area (Å²) < 4.78 is 8.56. The van der Waals surface area contributed by atoms with Crippen LogP contribution in [0.15, 0.2) is 146 Å². The Bertz CT molecular complexity index is 2180. The monoisotopic (exact) mass is 583 g/mol. The Morgan fingerprint density at radius 3 is 1.96 bits per heavy atom. The Balaban J connectivity index is 1.18. The maximum atomic E-state index is 6.37. The van der Waals surface area contributed by atoms with Crippen molar-refractivity contribution in [3.8, 4) is 17.4 Å². The maximum Gasteiger partial charge on any atom is 0.421 e. The molecule has 4 aromatic carbocycles. The van der Waals surface area contributed by atoms with Gasteiger partial charge >= 0.3 is 6.98 Å². The normalized spacial score (nSPS) is 12.9. The molecular formula is C38H30BN5O. The first-order chi connectivity index (χ1) is 22.2. The molecular weight excluding hydrogens is 553 g/mol. The number of anilines is 2. The van der Waals surface area contributed by atoms with Crippen molar-refractivity contribution in [3.63, 3.8) is 0 Å². The molecule has 0 spiro atoms. The van der Waals surface area contributed by atoms with Crippen LogP contribution >= 0.6 is 0 Å². The van der Waals surface area contributed by atoms with E-state index in [4.69, 9.17) is 14.7 Å².